The Hall–Kier alpha value is -1.00. The molecule has 1 aromatic rings. The molecule has 0 fully saturated rings. The molecule has 0 saturated carbocycles. The van der Waals surface area contributed by atoms with E-state index in [9.17, 15) is 4.79 Å². The fourth-order valence-electron chi connectivity index (χ4n) is 1.30. The number of halogens is 1. The molecule has 20 heavy (non-hydrogen) atoms. The summed E-state index contributed by atoms with van der Waals surface area (Å²) in [5, 5.41) is 2.36. The molecular weight excluding hydrogens is 290 g/mol. The van der Waals surface area contributed by atoms with E-state index in [2.05, 4.69) is 39.2 Å². The summed E-state index contributed by atoms with van der Waals surface area (Å²) in [4.78, 5) is 11.5. The van der Waals surface area contributed by atoms with Crippen molar-refractivity contribution in [2.24, 2.45) is 0 Å². The molecule has 1 rings (SSSR count). The summed E-state index contributed by atoms with van der Waals surface area (Å²) in [5.74, 6) is 0.637. The zero-order valence-corrected chi connectivity index (χ0v) is 14.8. The zero-order valence-electron chi connectivity index (χ0n) is 13.1. The van der Waals surface area contributed by atoms with Crippen LogP contribution in [0.2, 0.25) is 18.1 Å². The number of carbonyl (C=O) groups excluding carboxylic acids is 1. The second-order valence-corrected chi connectivity index (χ2v) is 11.9. The van der Waals surface area contributed by atoms with Gasteiger partial charge in [-0.3, -0.25) is 4.79 Å². The van der Waals surface area contributed by atoms with Crippen molar-refractivity contribution in [2.45, 2.75) is 51.2 Å². The smallest absolute Gasteiger partial charge is 0.250 e. The van der Waals surface area contributed by atoms with Gasteiger partial charge >= 0.3 is 0 Å². The summed E-state index contributed by atoms with van der Waals surface area (Å²) in [6.07, 6.45) is 0. The average Bonchev–Trinajstić information content (AvgIpc) is 2.29. The first-order chi connectivity index (χ1) is 9.03. The monoisotopic (exact) mass is 313 g/mol. The number of hydrogen-bond donors (Lipinski definition) is 1. The van der Waals surface area contributed by atoms with Crippen molar-refractivity contribution >= 4 is 31.5 Å². The molecule has 0 heterocycles. The quantitative estimate of drug-likeness (QED) is 0.649. The van der Waals surface area contributed by atoms with E-state index >= 15 is 0 Å². The minimum absolute atomic E-state index is 0.161. The van der Waals surface area contributed by atoms with E-state index in [-0.39, 0.29) is 10.9 Å². The number of nitrogens with one attached hydrogen (secondary N) is 1. The number of carbonyl (C=O) groups is 1. The van der Waals surface area contributed by atoms with Crippen molar-refractivity contribution in [3.63, 3.8) is 0 Å². The van der Waals surface area contributed by atoms with Crippen LogP contribution in [0.3, 0.4) is 0 Å². The third-order valence-electron chi connectivity index (χ3n) is 3.66. The normalized spacial score (nSPS) is 13.8. The Bertz CT molecular complexity index is 464. The molecule has 5 heteroatoms. The Morgan fingerprint density at radius 2 is 1.75 bits per heavy atom. The van der Waals surface area contributed by atoms with E-state index in [4.69, 9.17) is 16.0 Å². The van der Waals surface area contributed by atoms with Crippen molar-refractivity contribution in [3.05, 3.63) is 24.3 Å². The van der Waals surface area contributed by atoms with Crippen LogP contribution in [0.5, 0.6) is 5.75 Å². The molecule has 0 aliphatic rings. The lowest BCUT2D eigenvalue weighted by Crippen LogP contribution is -2.43. The number of anilines is 1. The van der Waals surface area contributed by atoms with Gasteiger partial charge in [-0.2, -0.15) is 0 Å². The van der Waals surface area contributed by atoms with Gasteiger partial charge in [-0.15, -0.1) is 11.6 Å². The highest BCUT2D eigenvalue weighted by Gasteiger charge is 2.38. The highest BCUT2D eigenvalue weighted by atomic mass is 35.5. The average molecular weight is 314 g/mol. The van der Waals surface area contributed by atoms with Gasteiger partial charge in [0, 0.05) is 5.69 Å². The van der Waals surface area contributed by atoms with Gasteiger partial charge in [0.05, 0.1) is 0 Å². The molecule has 1 unspecified atom stereocenters. The molecule has 112 valence electrons. The largest absolute Gasteiger partial charge is 0.544 e. The Kier molecular flexibility index (Phi) is 5.27. The molecule has 0 radical (unpaired) electrons. The van der Waals surface area contributed by atoms with E-state index in [0.29, 0.717) is 0 Å². The molecule has 0 aliphatic heterocycles. The first-order valence-corrected chi connectivity index (χ1v) is 10.1. The minimum atomic E-state index is -1.82. The summed E-state index contributed by atoms with van der Waals surface area (Å²) in [6.45, 7) is 12.7. The van der Waals surface area contributed by atoms with Gasteiger partial charge in [0.25, 0.3) is 0 Å². The molecule has 1 N–H and O–H groups in total. The summed E-state index contributed by atoms with van der Waals surface area (Å²) in [5.41, 5.74) is 0.727. The predicted molar refractivity (Wildman–Crippen MR) is 88.2 cm³/mol. The maximum absolute atomic E-state index is 11.5. The summed E-state index contributed by atoms with van der Waals surface area (Å²) in [7, 11) is -1.82. The van der Waals surface area contributed by atoms with Crippen LogP contribution >= 0.6 is 11.6 Å². The molecule has 1 atom stereocenters. The Balaban J connectivity index is 2.75. The van der Waals surface area contributed by atoms with Crippen molar-refractivity contribution in [1.29, 1.82) is 0 Å². The predicted octanol–water partition coefficient (Wildman–Crippen LogP) is 4.64. The van der Waals surface area contributed by atoms with E-state index in [1.54, 1.807) is 6.92 Å². The first-order valence-electron chi connectivity index (χ1n) is 6.77. The minimum Gasteiger partial charge on any atom is -0.544 e. The third kappa shape index (κ3) is 4.53. The molecule has 0 aliphatic carbocycles. The van der Waals surface area contributed by atoms with Crippen LogP contribution in [0.15, 0.2) is 24.3 Å². The van der Waals surface area contributed by atoms with E-state index < -0.39 is 13.7 Å². The number of amides is 1. The zero-order chi connectivity index (χ0) is 15.6. The molecule has 1 aromatic carbocycles. The van der Waals surface area contributed by atoms with Crippen LogP contribution < -0.4 is 9.74 Å². The van der Waals surface area contributed by atoms with E-state index in [0.717, 1.165) is 11.4 Å². The lowest BCUT2D eigenvalue weighted by molar-refractivity contribution is -0.115. The third-order valence-corrected chi connectivity index (χ3v) is 8.22. The van der Waals surface area contributed by atoms with Gasteiger partial charge in [-0.25, -0.2) is 0 Å². The second-order valence-electron chi connectivity index (χ2n) is 6.49. The highest BCUT2D eigenvalue weighted by Crippen LogP contribution is 2.37. The van der Waals surface area contributed by atoms with Crippen LogP contribution in [-0.4, -0.2) is 19.6 Å². The van der Waals surface area contributed by atoms with Crippen molar-refractivity contribution in [3.8, 4) is 5.75 Å². The van der Waals surface area contributed by atoms with Gasteiger partial charge < -0.3 is 9.74 Å². The first kappa shape index (κ1) is 17.0. The van der Waals surface area contributed by atoms with Crippen LogP contribution in [0.1, 0.15) is 27.7 Å². The maximum atomic E-state index is 11.5. The summed E-state index contributed by atoms with van der Waals surface area (Å²) < 4.78 is 6.17. The van der Waals surface area contributed by atoms with Crippen molar-refractivity contribution in [1.82, 2.24) is 0 Å². The highest BCUT2D eigenvalue weighted by molar-refractivity contribution is 6.74. The molecular formula is C15H24ClNO2Si. The lowest BCUT2D eigenvalue weighted by Gasteiger charge is -2.36. The fraction of sp³-hybridized carbons (Fsp3) is 0.533. The Labute approximate surface area is 127 Å². The summed E-state index contributed by atoms with van der Waals surface area (Å²) in [6, 6.07) is 7.43. The standard InChI is InChI=1S/C15H24ClNO2Si/c1-11(16)14(18)17-12-7-9-13(10-8-12)19-20(5,6)15(2,3)4/h7-11H,1-6H3,(H,17,18). The van der Waals surface area contributed by atoms with Gasteiger partial charge in [0.15, 0.2) is 0 Å². The van der Waals surface area contributed by atoms with Crippen molar-refractivity contribution < 1.29 is 9.22 Å². The van der Waals surface area contributed by atoms with Gasteiger partial charge in [0.2, 0.25) is 14.2 Å². The Morgan fingerprint density at radius 1 is 1.25 bits per heavy atom. The molecule has 0 spiro atoms. The number of benzene rings is 1. The van der Waals surface area contributed by atoms with Gasteiger partial charge in [0.1, 0.15) is 11.1 Å². The fourth-order valence-corrected chi connectivity index (χ4v) is 2.38. The molecule has 3 nitrogen and oxygen atoms in total. The lowest BCUT2D eigenvalue weighted by atomic mass is 10.2. The maximum Gasteiger partial charge on any atom is 0.250 e. The SMILES string of the molecule is CC(Cl)C(=O)Nc1ccc(O[Si](C)(C)C(C)(C)C)cc1. The van der Waals surface area contributed by atoms with E-state index in [1.807, 2.05) is 24.3 Å². The van der Waals surface area contributed by atoms with Gasteiger partial charge in [-0.1, -0.05) is 20.8 Å². The van der Waals surface area contributed by atoms with Crippen LogP contribution in [-0.2, 0) is 4.79 Å². The topological polar surface area (TPSA) is 38.3 Å². The Morgan fingerprint density at radius 3 is 2.15 bits per heavy atom. The second kappa shape index (κ2) is 6.18. The molecule has 0 bridgehead atoms. The van der Waals surface area contributed by atoms with Crippen LogP contribution in [0, 0.1) is 0 Å². The molecule has 0 aromatic heterocycles. The van der Waals surface area contributed by atoms with Crippen molar-refractivity contribution in [2.75, 3.05) is 5.32 Å². The number of rotatable bonds is 4. The summed E-state index contributed by atoms with van der Waals surface area (Å²) >= 11 is 5.72. The van der Waals surface area contributed by atoms with Gasteiger partial charge in [-0.05, 0) is 49.3 Å². The molecule has 1 amide bonds. The van der Waals surface area contributed by atoms with Crippen LogP contribution in [0.25, 0.3) is 0 Å². The number of hydrogen-bond acceptors (Lipinski definition) is 2. The number of alkyl halides is 1. The van der Waals surface area contributed by atoms with Crippen LogP contribution in [0.4, 0.5) is 5.69 Å². The van der Waals surface area contributed by atoms with E-state index in [1.165, 1.54) is 0 Å². The molecule has 0 saturated heterocycles.